The van der Waals surface area contributed by atoms with Crippen LogP contribution in [0.15, 0.2) is 29.3 Å². The SMILES string of the molecule is CCCCCCC1(C2=C(C)C(=O)NC2=O)CNCCN1C(=O)Nc1ccc(OC)cc1OC. The number of ether oxygens (including phenoxy) is 2. The van der Waals surface area contributed by atoms with Gasteiger partial charge in [0.25, 0.3) is 11.8 Å². The van der Waals surface area contributed by atoms with Gasteiger partial charge in [0, 0.05) is 31.3 Å². The molecule has 0 bridgehead atoms. The lowest BCUT2D eigenvalue weighted by molar-refractivity contribution is -0.124. The molecule has 2 aliphatic heterocycles. The minimum Gasteiger partial charge on any atom is -0.497 e. The van der Waals surface area contributed by atoms with Crippen LogP contribution >= 0.6 is 0 Å². The summed E-state index contributed by atoms with van der Waals surface area (Å²) >= 11 is 0. The number of amides is 4. The summed E-state index contributed by atoms with van der Waals surface area (Å²) in [6.07, 6.45) is 4.56. The normalized spacial score (nSPS) is 20.7. The van der Waals surface area contributed by atoms with Crippen molar-refractivity contribution < 1.29 is 23.9 Å². The number of nitrogens with one attached hydrogen (secondary N) is 3. The molecule has 2 aliphatic rings. The topological polar surface area (TPSA) is 109 Å². The number of carbonyl (C=O) groups is 3. The van der Waals surface area contributed by atoms with E-state index in [9.17, 15) is 14.4 Å². The highest BCUT2D eigenvalue weighted by Crippen LogP contribution is 2.37. The first kappa shape index (κ1) is 24.6. The number of methoxy groups -OCH3 is 2. The van der Waals surface area contributed by atoms with E-state index in [2.05, 4.69) is 22.9 Å². The maximum absolute atomic E-state index is 13.6. The number of rotatable bonds is 9. The summed E-state index contributed by atoms with van der Waals surface area (Å²) in [5.41, 5.74) is 0.335. The molecule has 1 saturated heterocycles. The van der Waals surface area contributed by atoms with Crippen molar-refractivity contribution in [1.82, 2.24) is 15.5 Å². The van der Waals surface area contributed by atoms with Gasteiger partial charge in [-0.05, 0) is 25.5 Å². The maximum atomic E-state index is 13.6. The zero-order chi connectivity index (χ0) is 24.0. The fourth-order valence-corrected chi connectivity index (χ4v) is 4.70. The number of imide groups is 1. The Kier molecular flexibility index (Phi) is 7.97. The van der Waals surface area contributed by atoms with Crippen LogP contribution in [0.4, 0.5) is 10.5 Å². The van der Waals surface area contributed by atoms with Gasteiger partial charge in [0.05, 0.1) is 31.0 Å². The fraction of sp³-hybridized carbons (Fsp3) is 0.542. The summed E-state index contributed by atoms with van der Waals surface area (Å²) in [5, 5.41) is 8.70. The van der Waals surface area contributed by atoms with Crippen molar-refractivity contribution in [3.8, 4) is 11.5 Å². The van der Waals surface area contributed by atoms with Gasteiger partial charge >= 0.3 is 6.03 Å². The first-order valence-corrected chi connectivity index (χ1v) is 11.5. The van der Waals surface area contributed by atoms with Crippen molar-refractivity contribution in [2.45, 2.75) is 51.5 Å². The number of hydrogen-bond donors (Lipinski definition) is 3. The lowest BCUT2D eigenvalue weighted by atomic mass is 9.79. The van der Waals surface area contributed by atoms with E-state index in [1.165, 1.54) is 7.11 Å². The second kappa shape index (κ2) is 10.7. The molecule has 0 aromatic heterocycles. The van der Waals surface area contributed by atoms with Gasteiger partial charge in [0.15, 0.2) is 0 Å². The van der Waals surface area contributed by atoms with E-state index in [4.69, 9.17) is 9.47 Å². The van der Waals surface area contributed by atoms with Crippen LogP contribution in [-0.4, -0.2) is 62.1 Å². The van der Waals surface area contributed by atoms with Gasteiger partial charge in [-0.1, -0.05) is 32.6 Å². The van der Waals surface area contributed by atoms with Crippen molar-refractivity contribution in [3.63, 3.8) is 0 Å². The molecular formula is C24H34N4O5. The molecule has 1 aromatic rings. The highest BCUT2D eigenvalue weighted by Gasteiger charge is 2.50. The van der Waals surface area contributed by atoms with E-state index in [1.807, 2.05) is 0 Å². The first-order valence-electron chi connectivity index (χ1n) is 11.5. The first-order chi connectivity index (χ1) is 15.9. The summed E-state index contributed by atoms with van der Waals surface area (Å²) in [5.74, 6) is 0.261. The Balaban J connectivity index is 1.97. The summed E-state index contributed by atoms with van der Waals surface area (Å²) in [6, 6.07) is 4.81. The highest BCUT2D eigenvalue weighted by atomic mass is 16.5. The summed E-state index contributed by atoms with van der Waals surface area (Å²) < 4.78 is 10.7. The largest absolute Gasteiger partial charge is 0.497 e. The maximum Gasteiger partial charge on any atom is 0.322 e. The van der Waals surface area contributed by atoms with Crippen LogP contribution in [0.5, 0.6) is 11.5 Å². The Morgan fingerprint density at radius 2 is 1.94 bits per heavy atom. The third-order valence-electron chi connectivity index (χ3n) is 6.42. The monoisotopic (exact) mass is 458 g/mol. The van der Waals surface area contributed by atoms with Crippen molar-refractivity contribution in [2.24, 2.45) is 0 Å². The molecule has 4 amide bonds. The molecule has 1 atom stereocenters. The van der Waals surface area contributed by atoms with Crippen molar-refractivity contribution in [2.75, 3.05) is 39.2 Å². The Hall–Kier alpha value is -3.07. The standard InChI is InChI=1S/C24H34N4O5/c1-5-6-7-8-11-24(20-16(2)21(29)27-22(20)30)15-25-12-13-28(24)23(31)26-18-10-9-17(32-3)14-19(18)33-4/h9-10,14,25H,5-8,11-13,15H2,1-4H3,(H,26,31)(H,27,29,30). The van der Waals surface area contributed by atoms with Gasteiger partial charge in [-0.2, -0.15) is 0 Å². The molecule has 9 heteroatoms. The second-order valence-corrected chi connectivity index (χ2v) is 8.45. The zero-order valence-corrected chi connectivity index (χ0v) is 19.9. The predicted molar refractivity (Wildman–Crippen MR) is 125 cm³/mol. The third-order valence-corrected chi connectivity index (χ3v) is 6.42. The Labute approximate surface area is 194 Å². The number of hydrogen-bond acceptors (Lipinski definition) is 6. The second-order valence-electron chi connectivity index (χ2n) is 8.45. The number of anilines is 1. The molecule has 180 valence electrons. The lowest BCUT2D eigenvalue weighted by Gasteiger charge is -2.48. The van der Waals surface area contributed by atoms with Crippen LogP contribution in [0.1, 0.15) is 46.0 Å². The highest BCUT2D eigenvalue weighted by molar-refractivity contribution is 6.20. The van der Waals surface area contributed by atoms with E-state index in [0.29, 0.717) is 54.4 Å². The number of unbranched alkanes of at least 4 members (excludes halogenated alkanes) is 3. The summed E-state index contributed by atoms with van der Waals surface area (Å²) in [4.78, 5) is 40.5. The molecule has 2 heterocycles. The quantitative estimate of drug-likeness (QED) is 0.388. The van der Waals surface area contributed by atoms with Crippen LogP contribution in [-0.2, 0) is 9.59 Å². The van der Waals surface area contributed by atoms with Crippen LogP contribution in [0.25, 0.3) is 0 Å². The number of carbonyl (C=O) groups excluding carboxylic acids is 3. The summed E-state index contributed by atoms with van der Waals surface area (Å²) in [7, 11) is 3.08. The minimum absolute atomic E-state index is 0.345. The fourth-order valence-electron chi connectivity index (χ4n) is 4.70. The van der Waals surface area contributed by atoms with Crippen LogP contribution in [0.2, 0.25) is 0 Å². The number of benzene rings is 1. The van der Waals surface area contributed by atoms with Crippen molar-refractivity contribution >= 4 is 23.5 Å². The molecule has 1 unspecified atom stereocenters. The van der Waals surface area contributed by atoms with Crippen LogP contribution in [0.3, 0.4) is 0 Å². The molecule has 0 spiro atoms. The molecular weight excluding hydrogens is 424 g/mol. The number of urea groups is 1. The average Bonchev–Trinajstić information content (AvgIpc) is 3.08. The van der Waals surface area contributed by atoms with E-state index >= 15 is 0 Å². The third kappa shape index (κ3) is 4.98. The molecule has 33 heavy (non-hydrogen) atoms. The van der Waals surface area contributed by atoms with Gasteiger partial charge in [-0.25, -0.2) is 4.79 Å². The van der Waals surface area contributed by atoms with E-state index < -0.39 is 17.4 Å². The van der Waals surface area contributed by atoms with Gasteiger partial charge in [-0.3, -0.25) is 14.9 Å². The van der Waals surface area contributed by atoms with Crippen LogP contribution < -0.4 is 25.4 Å². The molecule has 1 aromatic carbocycles. The van der Waals surface area contributed by atoms with Gasteiger partial charge < -0.3 is 25.0 Å². The summed E-state index contributed by atoms with van der Waals surface area (Å²) in [6.45, 7) is 5.18. The molecule has 3 rings (SSSR count). The minimum atomic E-state index is -0.921. The zero-order valence-electron chi connectivity index (χ0n) is 19.9. The Morgan fingerprint density at radius 1 is 1.15 bits per heavy atom. The molecule has 0 aliphatic carbocycles. The average molecular weight is 459 g/mol. The Bertz CT molecular complexity index is 945. The van der Waals surface area contributed by atoms with E-state index in [0.717, 1.165) is 25.7 Å². The molecule has 3 N–H and O–H groups in total. The van der Waals surface area contributed by atoms with Gasteiger partial charge in [0.1, 0.15) is 11.5 Å². The number of piperazine rings is 1. The predicted octanol–water partition coefficient (Wildman–Crippen LogP) is 2.82. The van der Waals surface area contributed by atoms with Crippen molar-refractivity contribution in [3.05, 3.63) is 29.3 Å². The van der Waals surface area contributed by atoms with Crippen LogP contribution in [0, 0.1) is 0 Å². The van der Waals surface area contributed by atoms with Gasteiger partial charge in [-0.15, -0.1) is 0 Å². The Morgan fingerprint density at radius 3 is 2.58 bits per heavy atom. The number of nitrogens with zero attached hydrogens (tertiary/aromatic N) is 1. The molecule has 0 saturated carbocycles. The van der Waals surface area contributed by atoms with E-state index in [-0.39, 0.29) is 6.03 Å². The van der Waals surface area contributed by atoms with E-state index in [1.54, 1.807) is 37.1 Å². The smallest absolute Gasteiger partial charge is 0.322 e. The van der Waals surface area contributed by atoms with Gasteiger partial charge in [0.2, 0.25) is 0 Å². The molecule has 0 radical (unpaired) electrons. The van der Waals surface area contributed by atoms with Crippen molar-refractivity contribution in [1.29, 1.82) is 0 Å². The molecule has 9 nitrogen and oxygen atoms in total. The molecule has 1 fully saturated rings. The lowest BCUT2D eigenvalue weighted by Crippen LogP contribution is -2.65.